The second-order valence-electron chi connectivity index (χ2n) is 13.8. The molecule has 232 valence electrons. The van der Waals surface area contributed by atoms with Gasteiger partial charge in [-0.05, 0) is 67.4 Å². The van der Waals surface area contributed by atoms with Crippen molar-refractivity contribution in [2.45, 2.75) is 110 Å². The summed E-state index contributed by atoms with van der Waals surface area (Å²) >= 11 is 0. The number of benzene rings is 1. The lowest BCUT2D eigenvalue weighted by Gasteiger charge is -2.39. The Labute approximate surface area is 254 Å². The van der Waals surface area contributed by atoms with Crippen molar-refractivity contribution < 1.29 is 18.6 Å². The molecule has 0 N–H and O–H groups in total. The molecule has 0 aliphatic carbocycles. The molecule has 2 atom stereocenters. The molecule has 1 aliphatic rings. The summed E-state index contributed by atoms with van der Waals surface area (Å²) < 4.78 is 26.7. The van der Waals surface area contributed by atoms with Crippen molar-refractivity contribution in [2.24, 2.45) is 5.92 Å². The Kier molecular flexibility index (Phi) is 10.4. The highest BCUT2D eigenvalue weighted by molar-refractivity contribution is 6.74. The SMILES string of the molecule is CCCC(COc1cc(OC)cc(-c2cc(C(C)C3CCOCC3)n3ncc(C(C)C)c3n2)c1)O[Si](C)(C)C(C)(C)C. The Hall–Kier alpha value is -2.42. The van der Waals surface area contributed by atoms with Gasteiger partial charge in [0.15, 0.2) is 14.0 Å². The third-order valence-electron chi connectivity index (χ3n) is 9.31. The average molecular weight is 596 g/mol. The Morgan fingerprint density at radius 1 is 1.05 bits per heavy atom. The van der Waals surface area contributed by atoms with Crippen molar-refractivity contribution in [3.63, 3.8) is 0 Å². The standard InChI is InChI=1S/C34H53N3O4Si/c1-11-12-27(41-42(9,10)34(5,6)7)22-40-29-18-26(17-28(19-29)38-8)31-20-32(24(4)25-13-15-39-16-14-25)37-33(36-31)30(21-35-37)23(2)3/h17-21,23-25,27H,11-16,22H2,1-10H3. The molecular weight excluding hydrogens is 542 g/mol. The topological polar surface area (TPSA) is 67.1 Å². The molecule has 0 amide bonds. The highest BCUT2D eigenvalue weighted by atomic mass is 28.4. The number of methoxy groups -OCH3 is 1. The van der Waals surface area contributed by atoms with E-state index in [0.29, 0.717) is 24.4 Å². The van der Waals surface area contributed by atoms with Gasteiger partial charge in [0.2, 0.25) is 0 Å². The van der Waals surface area contributed by atoms with Crippen molar-refractivity contribution in [3.05, 3.63) is 41.7 Å². The molecule has 0 saturated carbocycles. The quantitative estimate of drug-likeness (QED) is 0.195. The van der Waals surface area contributed by atoms with Crippen LogP contribution in [0.25, 0.3) is 16.9 Å². The molecule has 0 bridgehead atoms. The Morgan fingerprint density at radius 2 is 1.74 bits per heavy atom. The zero-order chi connectivity index (χ0) is 30.7. The van der Waals surface area contributed by atoms with Gasteiger partial charge in [-0.25, -0.2) is 9.50 Å². The normalized spacial score (nSPS) is 16.6. The first-order valence-corrected chi connectivity index (χ1v) is 18.7. The summed E-state index contributed by atoms with van der Waals surface area (Å²) in [6, 6.07) is 8.31. The maximum absolute atomic E-state index is 6.76. The number of nitrogens with zero attached hydrogens (tertiary/aromatic N) is 3. The van der Waals surface area contributed by atoms with Crippen LogP contribution in [-0.2, 0) is 9.16 Å². The summed E-state index contributed by atoms with van der Waals surface area (Å²) in [5.41, 5.74) is 5.14. The predicted octanol–water partition coefficient (Wildman–Crippen LogP) is 8.63. The third-order valence-corrected chi connectivity index (χ3v) is 13.8. The van der Waals surface area contributed by atoms with Crippen molar-refractivity contribution >= 4 is 14.0 Å². The summed E-state index contributed by atoms with van der Waals surface area (Å²) in [6.45, 7) is 22.5. The van der Waals surface area contributed by atoms with Gasteiger partial charge in [0.1, 0.15) is 18.1 Å². The summed E-state index contributed by atoms with van der Waals surface area (Å²) in [7, 11) is -0.221. The zero-order valence-corrected chi connectivity index (χ0v) is 28.6. The van der Waals surface area contributed by atoms with Crippen molar-refractivity contribution in [3.8, 4) is 22.8 Å². The molecule has 1 aliphatic heterocycles. The molecule has 3 aromatic rings. The second kappa shape index (κ2) is 13.5. The first kappa shape index (κ1) is 32.5. The molecule has 2 aromatic heterocycles. The van der Waals surface area contributed by atoms with E-state index < -0.39 is 8.32 Å². The highest BCUT2D eigenvalue weighted by Crippen LogP contribution is 2.39. The van der Waals surface area contributed by atoms with Gasteiger partial charge in [-0.1, -0.05) is 54.9 Å². The number of fused-ring (bicyclic) bond motifs is 1. The molecule has 7 nitrogen and oxygen atoms in total. The lowest BCUT2D eigenvalue weighted by Crippen LogP contribution is -2.45. The number of rotatable bonds is 12. The zero-order valence-electron chi connectivity index (χ0n) is 27.6. The molecule has 1 saturated heterocycles. The van der Waals surface area contributed by atoms with Gasteiger partial charge in [0.05, 0.1) is 25.1 Å². The van der Waals surface area contributed by atoms with Crippen LogP contribution in [0.5, 0.6) is 11.5 Å². The van der Waals surface area contributed by atoms with E-state index in [9.17, 15) is 0 Å². The van der Waals surface area contributed by atoms with E-state index in [2.05, 4.69) is 84.3 Å². The lowest BCUT2D eigenvalue weighted by atomic mass is 9.84. The largest absolute Gasteiger partial charge is 0.497 e. The van der Waals surface area contributed by atoms with Gasteiger partial charge in [0, 0.05) is 42.0 Å². The summed E-state index contributed by atoms with van der Waals surface area (Å²) in [5.74, 6) is 2.70. The Morgan fingerprint density at radius 3 is 2.36 bits per heavy atom. The molecule has 8 heteroatoms. The third kappa shape index (κ3) is 7.37. The summed E-state index contributed by atoms with van der Waals surface area (Å²) in [5, 5.41) is 4.96. The van der Waals surface area contributed by atoms with E-state index in [4.69, 9.17) is 28.7 Å². The number of aromatic nitrogens is 3. The first-order valence-electron chi connectivity index (χ1n) is 15.8. The molecule has 0 radical (unpaired) electrons. The van der Waals surface area contributed by atoms with Crippen LogP contribution in [0.1, 0.15) is 97.2 Å². The van der Waals surface area contributed by atoms with E-state index in [1.165, 1.54) is 5.69 Å². The molecule has 4 rings (SSSR count). The van der Waals surface area contributed by atoms with E-state index in [1.807, 2.05) is 12.3 Å². The smallest absolute Gasteiger partial charge is 0.192 e. The molecule has 42 heavy (non-hydrogen) atoms. The highest BCUT2D eigenvalue weighted by Gasteiger charge is 2.39. The van der Waals surface area contributed by atoms with Crippen LogP contribution in [0.4, 0.5) is 0 Å². The maximum atomic E-state index is 6.76. The summed E-state index contributed by atoms with van der Waals surface area (Å²) in [6.07, 6.45) is 6.17. The fraction of sp³-hybridized carbons (Fsp3) is 0.647. The van der Waals surface area contributed by atoms with Gasteiger partial charge in [0.25, 0.3) is 0 Å². The van der Waals surface area contributed by atoms with Crippen molar-refractivity contribution in [1.29, 1.82) is 0 Å². The Balaban J connectivity index is 1.70. The number of hydrogen-bond acceptors (Lipinski definition) is 6. The van der Waals surface area contributed by atoms with Gasteiger partial charge >= 0.3 is 0 Å². The van der Waals surface area contributed by atoms with Crippen LogP contribution in [0.3, 0.4) is 0 Å². The lowest BCUT2D eigenvalue weighted by molar-refractivity contribution is 0.0590. The number of ether oxygens (including phenoxy) is 3. The van der Waals surface area contributed by atoms with Gasteiger partial charge < -0.3 is 18.6 Å². The predicted molar refractivity (Wildman–Crippen MR) is 173 cm³/mol. The first-order chi connectivity index (χ1) is 19.8. The average Bonchev–Trinajstić information content (AvgIpc) is 3.39. The second-order valence-corrected chi connectivity index (χ2v) is 18.5. The summed E-state index contributed by atoms with van der Waals surface area (Å²) in [4.78, 5) is 5.18. The van der Waals surface area contributed by atoms with Crippen LogP contribution in [0, 0.1) is 5.92 Å². The number of hydrogen-bond donors (Lipinski definition) is 0. The molecule has 0 spiro atoms. The molecule has 3 heterocycles. The van der Waals surface area contributed by atoms with Crippen molar-refractivity contribution in [1.82, 2.24) is 14.6 Å². The van der Waals surface area contributed by atoms with Gasteiger partial charge in [-0.3, -0.25) is 0 Å². The van der Waals surface area contributed by atoms with Crippen LogP contribution in [-0.4, -0.2) is 55.9 Å². The van der Waals surface area contributed by atoms with Gasteiger partial charge in [-0.2, -0.15) is 5.10 Å². The Bertz CT molecular complexity index is 1320. The minimum absolute atomic E-state index is 0.0485. The fourth-order valence-electron chi connectivity index (χ4n) is 5.54. The van der Waals surface area contributed by atoms with E-state index in [1.54, 1.807) is 7.11 Å². The molecular formula is C34H53N3O4Si. The van der Waals surface area contributed by atoms with E-state index in [0.717, 1.165) is 72.9 Å². The maximum Gasteiger partial charge on any atom is 0.192 e. The van der Waals surface area contributed by atoms with Gasteiger partial charge in [-0.15, -0.1) is 0 Å². The van der Waals surface area contributed by atoms with E-state index >= 15 is 0 Å². The molecule has 1 fully saturated rings. The van der Waals surface area contributed by atoms with Crippen LogP contribution < -0.4 is 9.47 Å². The molecule has 1 aromatic carbocycles. The fourth-order valence-corrected chi connectivity index (χ4v) is 6.91. The minimum atomic E-state index is -1.92. The molecule has 2 unspecified atom stereocenters. The van der Waals surface area contributed by atoms with Crippen LogP contribution in [0.2, 0.25) is 18.1 Å². The van der Waals surface area contributed by atoms with E-state index in [-0.39, 0.29) is 11.1 Å². The van der Waals surface area contributed by atoms with Crippen LogP contribution in [0.15, 0.2) is 30.5 Å². The minimum Gasteiger partial charge on any atom is -0.497 e. The van der Waals surface area contributed by atoms with Crippen LogP contribution >= 0.6 is 0 Å². The monoisotopic (exact) mass is 595 g/mol. The van der Waals surface area contributed by atoms with Crippen molar-refractivity contribution in [2.75, 3.05) is 26.9 Å².